The van der Waals surface area contributed by atoms with Crippen molar-refractivity contribution in [3.05, 3.63) is 81.2 Å². The van der Waals surface area contributed by atoms with Crippen LogP contribution in [0.15, 0.2) is 36.4 Å². The average Bonchev–Trinajstić information content (AvgIpc) is 3.62. The molecule has 1 saturated carbocycles. The van der Waals surface area contributed by atoms with Gasteiger partial charge in [0.2, 0.25) is 5.88 Å². The predicted molar refractivity (Wildman–Crippen MR) is 205 cm³/mol. The first-order valence-electron chi connectivity index (χ1n) is 18.9. The number of benzene rings is 2. The minimum atomic E-state index is -0.464. The lowest BCUT2D eigenvalue weighted by molar-refractivity contribution is 0.0259. The molecule has 8 nitrogen and oxygen atoms in total. The number of nitrogens with one attached hydrogen (secondary N) is 1. The van der Waals surface area contributed by atoms with Crippen molar-refractivity contribution >= 4 is 17.4 Å². The summed E-state index contributed by atoms with van der Waals surface area (Å²) in [4.78, 5) is 24.4. The maximum absolute atomic E-state index is 13.5. The fourth-order valence-corrected chi connectivity index (χ4v) is 8.83. The number of carbonyl (C=O) groups excluding carboxylic acids is 1. The fraction of sp³-hybridized carbons (Fsp3) is 0.558. The third-order valence-electron chi connectivity index (χ3n) is 11.5. The number of fused-ring (bicyclic) bond motifs is 1. The van der Waals surface area contributed by atoms with Gasteiger partial charge in [0.05, 0.1) is 19.8 Å². The molecule has 4 unspecified atom stereocenters. The number of H-pyrrole nitrogens is 1. The number of aromatic amines is 1. The van der Waals surface area contributed by atoms with Gasteiger partial charge in [-0.3, -0.25) is 5.10 Å². The van der Waals surface area contributed by atoms with E-state index in [9.17, 15) is 4.79 Å². The summed E-state index contributed by atoms with van der Waals surface area (Å²) in [5.74, 6) is 3.57. The van der Waals surface area contributed by atoms with Crippen LogP contribution >= 0.6 is 0 Å². The minimum absolute atomic E-state index is 0.115. The smallest absolute Gasteiger partial charge is 0.402 e. The fourth-order valence-electron chi connectivity index (χ4n) is 8.83. The van der Waals surface area contributed by atoms with Crippen molar-refractivity contribution in [3.63, 3.8) is 0 Å². The molecule has 0 radical (unpaired) electrons. The molecule has 2 fully saturated rings. The molecular weight excluding hydrogens is 635 g/mol. The Morgan fingerprint density at radius 1 is 1.06 bits per heavy atom. The van der Waals surface area contributed by atoms with E-state index >= 15 is 0 Å². The lowest BCUT2D eigenvalue weighted by atomic mass is 9.57. The SMILES string of the molecule is [C-]#[N+]c1c(CC2C(CC(C)C)CC(C)CC2C(C)(C)C)c2nc(-c3ccc(Cc4cc(C)ccc4C)c(C)c3)[nH]n2c1OC(=O)N1CCOCC1. The Balaban J connectivity index is 1.43. The van der Waals surface area contributed by atoms with Crippen LogP contribution in [0.2, 0.25) is 0 Å². The van der Waals surface area contributed by atoms with Crippen LogP contribution in [0.25, 0.3) is 21.9 Å². The van der Waals surface area contributed by atoms with Gasteiger partial charge in [0, 0.05) is 24.2 Å². The van der Waals surface area contributed by atoms with Crippen molar-refractivity contribution in [3.8, 4) is 17.3 Å². The van der Waals surface area contributed by atoms with Gasteiger partial charge in [0.25, 0.3) is 5.69 Å². The van der Waals surface area contributed by atoms with E-state index in [1.165, 1.54) is 40.7 Å². The Labute approximate surface area is 304 Å². The Morgan fingerprint density at radius 3 is 2.47 bits per heavy atom. The first-order valence-corrected chi connectivity index (χ1v) is 18.9. The standard InChI is InChI=1S/C43H57N5O3/c1-26(2)19-34-21-28(4)22-37(43(7,8)9)35(34)25-36-38(44-10)41(51-42(49)47-15-17-50-18-16-47)48-40(36)45-39(46-48)32-14-13-31(30(6)23-32)24-33-20-27(3)11-12-29(33)5/h11-14,20,23,26,28,34-35,37H,15-19,21-22,24-25H2,1-9H3,(H,45,46). The summed E-state index contributed by atoms with van der Waals surface area (Å²) < 4.78 is 13.4. The topological polar surface area (TPSA) is 76.2 Å². The number of morpholine rings is 1. The molecule has 1 aliphatic heterocycles. The molecule has 272 valence electrons. The first kappa shape index (κ1) is 36.7. The molecule has 2 aliphatic rings. The van der Waals surface area contributed by atoms with Crippen molar-refractivity contribution in [1.29, 1.82) is 0 Å². The number of rotatable bonds is 8. The van der Waals surface area contributed by atoms with E-state index in [1.807, 2.05) is 0 Å². The van der Waals surface area contributed by atoms with Gasteiger partial charge in [-0.05, 0) is 116 Å². The number of aryl methyl sites for hydroxylation is 3. The summed E-state index contributed by atoms with van der Waals surface area (Å²) in [6.45, 7) is 30.9. The molecule has 6 rings (SSSR count). The van der Waals surface area contributed by atoms with Crippen molar-refractivity contribution in [2.45, 2.75) is 94.4 Å². The number of amides is 1. The molecule has 4 aromatic rings. The second-order valence-electron chi connectivity index (χ2n) is 17.0. The van der Waals surface area contributed by atoms with Crippen molar-refractivity contribution in [1.82, 2.24) is 19.5 Å². The monoisotopic (exact) mass is 691 g/mol. The first-order chi connectivity index (χ1) is 24.2. The Bertz CT molecular complexity index is 1910. The van der Waals surface area contributed by atoms with Gasteiger partial charge in [0.15, 0.2) is 5.82 Å². The van der Waals surface area contributed by atoms with E-state index in [4.69, 9.17) is 21.0 Å². The number of hydrogen-bond donors (Lipinski definition) is 1. The predicted octanol–water partition coefficient (Wildman–Crippen LogP) is 10.1. The summed E-state index contributed by atoms with van der Waals surface area (Å²) in [5, 5.41) is 3.47. The maximum Gasteiger partial charge on any atom is 0.415 e. The number of hydrogen-bond acceptors (Lipinski definition) is 4. The van der Waals surface area contributed by atoms with E-state index in [0.29, 0.717) is 73.1 Å². The zero-order chi connectivity index (χ0) is 36.6. The van der Waals surface area contributed by atoms with Crippen LogP contribution in [-0.4, -0.2) is 51.9 Å². The summed E-state index contributed by atoms with van der Waals surface area (Å²) in [6.07, 6.45) is 4.65. The van der Waals surface area contributed by atoms with Crippen LogP contribution in [0.3, 0.4) is 0 Å². The zero-order valence-electron chi connectivity index (χ0n) is 32.2. The highest BCUT2D eigenvalue weighted by Crippen LogP contribution is 2.51. The highest BCUT2D eigenvalue weighted by Gasteiger charge is 2.43. The lowest BCUT2D eigenvalue weighted by Crippen LogP contribution is -2.42. The third kappa shape index (κ3) is 7.89. The van der Waals surface area contributed by atoms with Gasteiger partial charge >= 0.3 is 6.09 Å². The molecule has 0 bridgehead atoms. The lowest BCUT2D eigenvalue weighted by Gasteiger charge is -2.48. The van der Waals surface area contributed by atoms with Gasteiger partial charge in [-0.1, -0.05) is 77.4 Å². The minimum Gasteiger partial charge on any atom is -0.402 e. The van der Waals surface area contributed by atoms with E-state index < -0.39 is 6.09 Å². The molecule has 1 N–H and O–H groups in total. The summed E-state index contributed by atoms with van der Waals surface area (Å²) in [6, 6.07) is 13.1. The summed E-state index contributed by atoms with van der Waals surface area (Å²) in [5.41, 5.74) is 9.37. The van der Waals surface area contributed by atoms with Crippen LogP contribution in [0.4, 0.5) is 10.5 Å². The highest BCUT2D eigenvalue weighted by atomic mass is 16.6. The molecule has 51 heavy (non-hydrogen) atoms. The molecule has 2 aromatic carbocycles. The van der Waals surface area contributed by atoms with Gasteiger partial charge in [-0.2, -0.15) is 0 Å². The number of aromatic nitrogens is 3. The second-order valence-corrected chi connectivity index (χ2v) is 17.0. The number of carbonyl (C=O) groups is 1. The maximum atomic E-state index is 13.5. The Kier molecular flexibility index (Phi) is 10.7. The van der Waals surface area contributed by atoms with E-state index in [2.05, 4.69) is 109 Å². The quantitative estimate of drug-likeness (QED) is 0.187. The molecule has 4 atom stereocenters. The van der Waals surface area contributed by atoms with Crippen LogP contribution in [0, 0.1) is 62.3 Å². The van der Waals surface area contributed by atoms with Crippen LogP contribution in [0.1, 0.15) is 94.2 Å². The normalized spacial score (nSPS) is 21.3. The van der Waals surface area contributed by atoms with Gasteiger partial charge < -0.3 is 14.4 Å². The van der Waals surface area contributed by atoms with E-state index in [1.54, 1.807) is 9.42 Å². The van der Waals surface area contributed by atoms with Crippen LogP contribution < -0.4 is 4.74 Å². The third-order valence-corrected chi connectivity index (χ3v) is 11.5. The molecule has 1 aliphatic carbocycles. The zero-order valence-corrected chi connectivity index (χ0v) is 32.2. The van der Waals surface area contributed by atoms with Gasteiger partial charge in [-0.15, -0.1) is 0 Å². The molecule has 1 saturated heterocycles. The van der Waals surface area contributed by atoms with Crippen LogP contribution in [0.5, 0.6) is 5.88 Å². The van der Waals surface area contributed by atoms with Crippen molar-refractivity contribution < 1.29 is 14.3 Å². The van der Waals surface area contributed by atoms with E-state index in [0.717, 1.165) is 30.4 Å². The largest absolute Gasteiger partial charge is 0.415 e. The van der Waals surface area contributed by atoms with Gasteiger partial charge in [-0.25, -0.2) is 19.1 Å². The summed E-state index contributed by atoms with van der Waals surface area (Å²) >= 11 is 0. The molecular formula is C43H57N5O3. The molecule has 3 heterocycles. The van der Waals surface area contributed by atoms with Crippen LogP contribution in [-0.2, 0) is 17.6 Å². The Hall–Kier alpha value is -4.09. The number of ether oxygens (including phenoxy) is 2. The van der Waals surface area contributed by atoms with E-state index in [-0.39, 0.29) is 11.3 Å². The highest BCUT2D eigenvalue weighted by molar-refractivity contribution is 5.80. The second kappa shape index (κ2) is 14.9. The molecule has 1 amide bonds. The van der Waals surface area contributed by atoms with Crippen molar-refractivity contribution in [2.24, 2.45) is 35.0 Å². The average molecular weight is 692 g/mol. The molecule has 2 aromatic heterocycles. The summed E-state index contributed by atoms with van der Waals surface area (Å²) in [7, 11) is 0. The number of nitrogens with zero attached hydrogens (tertiary/aromatic N) is 4. The Morgan fingerprint density at radius 2 is 1.80 bits per heavy atom. The van der Waals surface area contributed by atoms with Crippen molar-refractivity contribution in [2.75, 3.05) is 26.3 Å². The molecule has 8 heteroatoms. The molecule has 0 spiro atoms. The van der Waals surface area contributed by atoms with Gasteiger partial charge in [0.1, 0.15) is 5.65 Å².